The summed E-state index contributed by atoms with van der Waals surface area (Å²) in [7, 11) is 0. The van der Waals surface area contributed by atoms with Crippen LogP contribution in [0.2, 0.25) is 5.15 Å². The fourth-order valence-corrected chi connectivity index (χ4v) is 2.16. The highest BCUT2D eigenvalue weighted by molar-refractivity contribution is 6.29. The van der Waals surface area contributed by atoms with Crippen LogP contribution in [0.3, 0.4) is 0 Å². The van der Waals surface area contributed by atoms with Gasteiger partial charge in [-0.05, 0) is 25.5 Å². The molecule has 6 heteroatoms. The molecule has 0 saturated heterocycles. The van der Waals surface area contributed by atoms with E-state index in [1.165, 1.54) is 0 Å². The minimum absolute atomic E-state index is 0.0949. The smallest absolute Gasteiger partial charge is 0.272 e. The van der Waals surface area contributed by atoms with Gasteiger partial charge < -0.3 is 9.64 Å². The molecule has 1 amide bonds. The molecule has 2 aromatic heterocycles. The molecule has 0 aliphatic rings. The van der Waals surface area contributed by atoms with Gasteiger partial charge in [-0.15, -0.1) is 0 Å². The van der Waals surface area contributed by atoms with E-state index in [9.17, 15) is 4.79 Å². The van der Waals surface area contributed by atoms with Crippen molar-refractivity contribution < 1.29 is 9.53 Å². The number of nitrogens with zero attached hydrogens (tertiary/aromatic N) is 3. The van der Waals surface area contributed by atoms with Crippen molar-refractivity contribution in [3.05, 3.63) is 47.4 Å². The summed E-state index contributed by atoms with van der Waals surface area (Å²) in [4.78, 5) is 22.3. The minimum Gasteiger partial charge on any atom is -0.439 e. The first kappa shape index (κ1) is 16.2. The Morgan fingerprint density at radius 1 is 1.32 bits per heavy atom. The first-order chi connectivity index (χ1) is 10.6. The number of aromatic nitrogens is 2. The number of hydrogen-bond acceptors (Lipinski definition) is 4. The van der Waals surface area contributed by atoms with Crippen LogP contribution in [0, 0.1) is 0 Å². The number of amides is 1. The van der Waals surface area contributed by atoms with Gasteiger partial charge in [-0.3, -0.25) is 4.79 Å². The Morgan fingerprint density at radius 2 is 2.14 bits per heavy atom. The first-order valence-corrected chi connectivity index (χ1v) is 7.57. The van der Waals surface area contributed by atoms with Crippen molar-refractivity contribution in [3.8, 4) is 11.6 Å². The van der Waals surface area contributed by atoms with Crippen LogP contribution >= 0.6 is 11.6 Å². The minimum atomic E-state index is -0.0949. The molecule has 0 aromatic carbocycles. The topological polar surface area (TPSA) is 55.3 Å². The van der Waals surface area contributed by atoms with Gasteiger partial charge in [0.2, 0.25) is 5.88 Å². The molecule has 0 aliphatic heterocycles. The summed E-state index contributed by atoms with van der Waals surface area (Å²) in [6, 6.07) is 8.40. The van der Waals surface area contributed by atoms with E-state index < -0.39 is 0 Å². The van der Waals surface area contributed by atoms with E-state index >= 15 is 0 Å². The molecule has 2 rings (SSSR count). The molecule has 2 aromatic rings. The van der Waals surface area contributed by atoms with Gasteiger partial charge in [-0.25, -0.2) is 9.97 Å². The Balaban J connectivity index is 2.17. The molecule has 22 heavy (non-hydrogen) atoms. The van der Waals surface area contributed by atoms with Crippen LogP contribution < -0.4 is 4.74 Å². The first-order valence-electron chi connectivity index (χ1n) is 7.19. The Bertz CT molecular complexity index is 649. The molecule has 0 unspecified atom stereocenters. The van der Waals surface area contributed by atoms with Gasteiger partial charge in [0.05, 0.1) is 0 Å². The lowest BCUT2D eigenvalue weighted by atomic mass is 10.3. The van der Waals surface area contributed by atoms with Crippen molar-refractivity contribution in [2.24, 2.45) is 0 Å². The zero-order chi connectivity index (χ0) is 15.9. The van der Waals surface area contributed by atoms with Crippen LogP contribution in [-0.4, -0.2) is 33.9 Å². The molecular weight excluding hydrogens is 302 g/mol. The predicted octanol–water partition coefficient (Wildman–Crippen LogP) is 3.79. The highest BCUT2D eigenvalue weighted by Gasteiger charge is 2.15. The quantitative estimate of drug-likeness (QED) is 0.760. The maximum absolute atomic E-state index is 12.4. The summed E-state index contributed by atoms with van der Waals surface area (Å²) in [5, 5.41) is 0.338. The summed E-state index contributed by atoms with van der Waals surface area (Å²) >= 11 is 5.82. The van der Waals surface area contributed by atoms with Crippen molar-refractivity contribution >= 4 is 17.5 Å². The zero-order valence-electron chi connectivity index (χ0n) is 12.6. The SMILES string of the molecule is CCCN(CC)C(=O)c1cccc(Oc2ccnc(Cl)c2)n1. The second kappa shape index (κ2) is 7.75. The van der Waals surface area contributed by atoms with Crippen molar-refractivity contribution in [2.75, 3.05) is 13.1 Å². The average molecular weight is 320 g/mol. The molecule has 0 saturated carbocycles. The summed E-state index contributed by atoms with van der Waals surface area (Å²) in [5.41, 5.74) is 0.368. The number of carbonyl (C=O) groups is 1. The maximum atomic E-state index is 12.4. The summed E-state index contributed by atoms with van der Waals surface area (Å²) in [6.45, 7) is 5.35. The van der Waals surface area contributed by atoms with E-state index in [1.807, 2.05) is 13.8 Å². The summed E-state index contributed by atoms with van der Waals surface area (Å²) in [6.07, 6.45) is 2.46. The molecule has 0 bridgehead atoms. The Hall–Kier alpha value is -2.14. The lowest BCUT2D eigenvalue weighted by Gasteiger charge is -2.19. The average Bonchev–Trinajstić information content (AvgIpc) is 2.52. The van der Waals surface area contributed by atoms with Gasteiger partial charge in [-0.1, -0.05) is 24.6 Å². The van der Waals surface area contributed by atoms with Gasteiger partial charge in [0, 0.05) is 31.4 Å². The normalized spacial score (nSPS) is 10.3. The molecule has 0 atom stereocenters. The largest absolute Gasteiger partial charge is 0.439 e. The van der Waals surface area contributed by atoms with E-state index in [0.29, 0.717) is 35.6 Å². The molecule has 0 aliphatic carbocycles. The monoisotopic (exact) mass is 319 g/mol. The molecule has 0 radical (unpaired) electrons. The number of ether oxygens (including phenoxy) is 1. The maximum Gasteiger partial charge on any atom is 0.272 e. The molecule has 2 heterocycles. The van der Waals surface area contributed by atoms with Crippen molar-refractivity contribution in [2.45, 2.75) is 20.3 Å². The van der Waals surface area contributed by atoms with Crippen LogP contribution in [0.5, 0.6) is 11.6 Å². The standard InChI is InChI=1S/C16H18ClN3O2/c1-3-10-20(4-2)16(21)13-6-5-7-15(19-13)22-12-8-9-18-14(17)11-12/h5-9,11H,3-4,10H2,1-2H3. The van der Waals surface area contributed by atoms with Crippen molar-refractivity contribution in [3.63, 3.8) is 0 Å². The van der Waals surface area contributed by atoms with Crippen molar-refractivity contribution in [1.29, 1.82) is 0 Å². The Kier molecular flexibility index (Phi) is 5.72. The number of halogens is 1. The van der Waals surface area contributed by atoms with Crippen LogP contribution in [0.15, 0.2) is 36.5 Å². The second-order valence-corrected chi connectivity index (χ2v) is 5.05. The van der Waals surface area contributed by atoms with E-state index in [4.69, 9.17) is 16.3 Å². The lowest BCUT2D eigenvalue weighted by molar-refractivity contribution is 0.0758. The highest BCUT2D eigenvalue weighted by atomic mass is 35.5. The van der Waals surface area contributed by atoms with Crippen LogP contribution in [0.4, 0.5) is 0 Å². The van der Waals surface area contributed by atoms with E-state index in [-0.39, 0.29) is 5.91 Å². The van der Waals surface area contributed by atoms with Crippen LogP contribution in [0.25, 0.3) is 0 Å². The molecular formula is C16H18ClN3O2. The number of carbonyl (C=O) groups excluding carboxylic acids is 1. The lowest BCUT2D eigenvalue weighted by Crippen LogP contribution is -2.32. The third-order valence-electron chi connectivity index (χ3n) is 3.03. The van der Waals surface area contributed by atoms with Gasteiger partial charge in [0.1, 0.15) is 16.6 Å². The molecule has 5 nitrogen and oxygen atoms in total. The molecule has 0 fully saturated rings. The summed E-state index contributed by atoms with van der Waals surface area (Å²) < 4.78 is 5.62. The van der Waals surface area contributed by atoms with Gasteiger partial charge >= 0.3 is 0 Å². The van der Waals surface area contributed by atoms with Crippen molar-refractivity contribution in [1.82, 2.24) is 14.9 Å². The molecule has 0 spiro atoms. The Morgan fingerprint density at radius 3 is 2.82 bits per heavy atom. The van der Waals surface area contributed by atoms with E-state index in [2.05, 4.69) is 9.97 Å². The highest BCUT2D eigenvalue weighted by Crippen LogP contribution is 2.21. The summed E-state index contributed by atoms with van der Waals surface area (Å²) in [5.74, 6) is 0.779. The number of hydrogen-bond donors (Lipinski definition) is 0. The van der Waals surface area contributed by atoms with Crippen LogP contribution in [-0.2, 0) is 0 Å². The fourth-order valence-electron chi connectivity index (χ4n) is 1.99. The Labute approximate surface area is 134 Å². The molecule has 0 N–H and O–H groups in total. The third kappa shape index (κ3) is 4.18. The number of pyridine rings is 2. The second-order valence-electron chi connectivity index (χ2n) is 4.66. The van der Waals surface area contributed by atoms with E-state index in [1.54, 1.807) is 41.4 Å². The predicted molar refractivity (Wildman–Crippen MR) is 85.4 cm³/mol. The zero-order valence-corrected chi connectivity index (χ0v) is 13.4. The van der Waals surface area contributed by atoms with E-state index in [0.717, 1.165) is 6.42 Å². The van der Waals surface area contributed by atoms with Gasteiger partial charge in [0.15, 0.2) is 0 Å². The fraction of sp³-hybridized carbons (Fsp3) is 0.312. The van der Waals surface area contributed by atoms with Gasteiger partial charge in [-0.2, -0.15) is 0 Å². The number of rotatable bonds is 6. The van der Waals surface area contributed by atoms with Crippen LogP contribution in [0.1, 0.15) is 30.8 Å². The molecule has 116 valence electrons. The van der Waals surface area contributed by atoms with Gasteiger partial charge in [0.25, 0.3) is 5.91 Å². The third-order valence-corrected chi connectivity index (χ3v) is 3.23.